The summed E-state index contributed by atoms with van der Waals surface area (Å²) in [5.74, 6) is -0.0331. The van der Waals surface area contributed by atoms with Crippen LogP contribution in [0.1, 0.15) is 37.0 Å². The molecule has 0 fully saturated rings. The van der Waals surface area contributed by atoms with Gasteiger partial charge in [0.05, 0.1) is 5.56 Å². The van der Waals surface area contributed by atoms with Crippen molar-refractivity contribution in [1.29, 1.82) is 0 Å². The second kappa shape index (κ2) is 5.81. The fraction of sp³-hybridized carbons (Fsp3) is 0.417. The van der Waals surface area contributed by atoms with E-state index in [9.17, 15) is 4.79 Å². The zero-order chi connectivity index (χ0) is 11.3. The van der Waals surface area contributed by atoms with E-state index in [2.05, 4.69) is 31.8 Å². The molecule has 82 valence electrons. The zero-order valence-electron chi connectivity index (χ0n) is 9.16. The van der Waals surface area contributed by atoms with Gasteiger partial charge >= 0.3 is 0 Å². The Hall–Kier alpha value is -0.960. The molecule has 0 aromatic heterocycles. The molecule has 0 aliphatic rings. The van der Waals surface area contributed by atoms with Crippen molar-refractivity contribution in [3.63, 3.8) is 0 Å². The van der Waals surface area contributed by atoms with Gasteiger partial charge in [-0.1, -0.05) is 26.0 Å². The minimum Gasteiger partial charge on any atom is -0.349 e. The highest BCUT2D eigenvalue weighted by molar-refractivity contribution is 7.80. The Morgan fingerprint density at radius 2 is 1.93 bits per heavy atom. The number of rotatable bonds is 4. The molecule has 3 heteroatoms. The second-order valence-electron chi connectivity index (χ2n) is 3.50. The van der Waals surface area contributed by atoms with Crippen molar-refractivity contribution in [1.82, 2.24) is 5.32 Å². The van der Waals surface area contributed by atoms with Crippen molar-refractivity contribution >= 4 is 18.5 Å². The van der Waals surface area contributed by atoms with Crippen molar-refractivity contribution in [2.24, 2.45) is 0 Å². The molecule has 1 rings (SSSR count). The summed E-state index contributed by atoms with van der Waals surface area (Å²) in [6.45, 7) is 4.14. The van der Waals surface area contributed by atoms with E-state index >= 15 is 0 Å². The van der Waals surface area contributed by atoms with Gasteiger partial charge in [0.25, 0.3) is 5.91 Å². The maximum Gasteiger partial charge on any atom is 0.252 e. The van der Waals surface area contributed by atoms with Gasteiger partial charge in [0.15, 0.2) is 0 Å². The molecule has 1 aromatic rings. The highest BCUT2D eigenvalue weighted by Gasteiger charge is 2.12. The molecule has 0 bridgehead atoms. The van der Waals surface area contributed by atoms with Crippen LogP contribution in [0.3, 0.4) is 0 Å². The van der Waals surface area contributed by atoms with Crippen LogP contribution >= 0.6 is 12.6 Å². The number of hydrogen-bond donors (Lipinski definition) is 2. The molecule has 1 aromatic carbocycles. The van der Waals surface area contributed by atoms with Crippen LogP contribution in [0.4, 0.5) is 0 Å². The lowest BCUT2D eigenvalue weighted by molar-refractivity contribution is 0.0932. The molecular formula is C12H17NOS. The molecule has 0 unspecified atom stereocenters. The van der Waals surface area contributed by atoms with E-state index < -0.39 is 0 Å². The predicted molar refractivity (Wildman–Crippen MR) is 65.5 cm³/mol. The van der Waals surface area contributed by atoms with Crippen molar-refractivity contribution in [2.75, 3.05) is 0 Å². The van der Waals surface area contributed by atoms with Crippen LogP contribution in [0, 0.1) is 0 Å². The van der Waals surface area contributed by atoms with E-state index in [1.807, 2.05) is 18.2 Å². The van der Waals surface area contributed by atoms with Gasteiger partial charge in [-0.3, -0.25) is 4.79 Å². The van der Waals surface area contributed by atoms with E-state index in [0.29, 0.717) is 5.56 Å². The smallest absolute Gasteiger partial charge is 0.252 e. The van der Waals surface area contributed by atoms with E-state index in [1.54, 1.807) is 6.07 Å². The topological polar surface area (TPSA) is 29.1 Å². The van der Waals surface area contributed by atoms with E-state index in [0.717, 1.165) is 17.7 Å². The maximum atomic E-state index is 11.8. The molecule has 0 aliphatic heterocycles. The van der Waals surface area contributed by atoms with Crippen molar-refractivity contribution < 1.29 is 4.79 Å². The van der Waals surface area contributed by atoms with Crippen LogP contribution < -0.4 is 5.32 Å². The molecule has 0 heterocycles. The summed E-state index contributed by atoms with van der Waals surface area (Å²) in [6, 6.07) is 7.59. The molecule has 0 aliphatic carbocycles. The average molecular weight is 223 g/mol. The number of benzene rings is 1. The first kappa shape index (κ1) is 12.1. The maximum absolute atomic E-state index is 11.8. The highest BCUT2D eigenvalue weighted by atomic mass is 32.1. The van der Waals surface area contributed by atoms with Gasteiger partial charge in [-0.15, -0.1) is 12.6 Å². The van der Waals surface area contributed by atoms with E-state index in [-0.39, 0.29) is 11.9 Å². The molecule has 1 N–H and O–H groups in total. The van der Waals surface area contributed by atoms with Gasteiger partial charge in [0.2, 0.25) is 0 Å². The molecule has 15 heavy (non-hydrogen) atoms. The third kappa shape index (κ3) is 3.27. The van der Waals surface area contributed by atoms with E-state index in [4.69, 9.17) is 0 Å². The van der Waals surface area contributed by atoms with Gasteiger partial charge in [0.1, 0.15) is 0 Å². The lowest BCUT2D eigenvalue weighted by Gasteiger charge is -2.15. The summed E-state index contributed by atoms with van der Waals surface area (Å²) in [5, 5.41) is 2.99. The summed E-state index contributed by atoms with van der Waals surface area (Å²) < 4.78 is 0. The number of amides is 1. The van der Waals surface area contributed by atoms with Crippen LogP contribution in [0.15, 0.2) is 29.2 Å². The lowest BCUT2D eigenvalue weighted by Crippen LogP contribution is -2.33. The summed E-state index contributed by atoms with van der Waals surface area (Å²) in [4.78, 5) is 12.6. The minimum atomic E-state index is -0.0331. The Morgan fingerprint density at radius 1 is 1.33 bits per heavy atom. The fourth-order valence-corrected chi connectivity index (χ4v) is 1.68. The molecular weight excluding hydrogens is 206 g/mol. The molecule has 0 radical (unpaired) electrons. The van der Waals surface area contributed by atoms with Gasteiger partial charge in [-0.2, -0.15) is 0 Å². The van der Waals surface area contributed by atoms with Gasteiger partial charge < -0.3 is 5.32 Å². The number of carbonyl (C=O) groups is 1. The summed E-state index contributed by atoms with van der Waals surface area (Å²) in [6.07, 6.45) is 1.91. The highest BCUT2D eigenvalue weighted by Crippen LogP contribution is 2.13. The zero-order valence-corrected chi connectivity index (χ0v) is 10.1. The van der Waals surface area contributed by atoms with Gasteiger partial charge in [0, 0.05) is 10.9 Å². The molecule has 0 saturated carbocycles. The summed E-state index contributed by atoms with van der Waals surface area (Å²) in [7, 11) is 0. The van der Waals surface area contributed by atoms with Crippen LogP contribution in [0.25, 0.3) is 0 Å². The third-order valence-electron chi connectivity index (χ3n) is 2.47. The first-order valence-electron chi connectivity index (χ1n) is 5.27. The Morgan fingerprint density at radius 3 is 2.47 bits per heavy atom. The SMILES string of the molecule is CCC(CC)NC(=O)c1ccccc1S. The van der Waals surface area contributed by atoms with Crippen LogP contribution in [0.5, 0.6) is 0 Å². The third-order valence-corrected chi connectivity index (χ3v) is 2.86. The molecule has 1 amide bonds. The predicted octanol–water partition coefficient (Wildman–Crippen LogP) is 2.89. The first-order chi connectivity index (χ1) is 7.19. The van der Waals surface area contributed by atoms with E-state index in [1.165, 1.54) is 0 Å². The molecule has 2 nitrogen and oxygen atoms in total. The number of nitrogens with one attached hydrogen (secondary N) is 1. The van der Waals surface area contributed by atoms with Gasteiger partial charge in [-0.05, 0) is 25.0 Å². The molecule has 0 atom stereocenters. The van der Waals surface area contributed by atoms with Crippen molar-refractivity contribution in [2.45, 2.75) is 37.6 Å². The standard InChI is InChI=1S/C12H17NOS/c1-3-9(4-2)13-12(14)10-7-5-6-8-11(10)15/h5-9,15H,3-4H2,1-2H3,(H,13,14). The Kier molecular flexibility index (Phi) is 4.69. The van der Waals surface area contributed by atoms with Crippen molar-refractivity contribution in [3.8, 4) is 0 Å². The largest absolute Gasteiger partial charge is 0.349 e. The van der Waals surface area contributed by atoms with Crippen LogP contribution in [-0.4, -0.2) is 11.9 Å². The Bertz CT molecular complexity index is 334. The number of hydrogen-bond acceptors (Lipinski definition) is 2. The van der Waals surface area contributed by atoms with Crippen LogP contribution in [0.2, 0.25) is 0 Å². The monoisotopic (exact) mass is 223 g/mol. The quantitative estimate of drug-likeness (QED) is 0.755. The van der Waals surface area contributed by atoms with Crippen LogP contribution in [-0.2, 0) is 0 Å². The Balaban J connectivity index is 2.73. The normalized spacial score (nSPS) is 10.4. The summed E-state index contributed by atoms with van der Waals surface area (Å²) >= 11 is 4.26. The molecule has 0 saturated heterocycles. The van der Waals surface area contributed by atoms with Gasteiger partial charge in [-0.25, -0.2) is 0 Å². The lowest BCUT2D eigenvalue weighted by atomic mass is 10.1. The average Bonchev–Trinajstić information content (AvgIpc) is 2.26. The van der Waals surface area contributed by atoms with Crippen molar-refractivity contribution in [3.05, 3.63) is 29.8 Å². The number of carbonyl (C=O) groups excluding carboxylic acids is 1. The summed E-state index contributed by atoms with van der Waals surface area (Å²) in [5.41, 5.74) is 0.646. The fourth-order valence-electron chi connectivity index (χ4n) is 1.42. The number of thiol groups is 1. The second-order valence-corrected chi connectivity index (χ2v) is 3.99. The minimum absolute atomic E-state index is 0.0331. The first-order valence-corrected chi connectivity index (χ1v) is 5.72. The Labute approximate surface area is 96.5 Å². The molecule has 0 spiro atoms.